The number of carbonyl (C=O) groups is 1. The number of rotatable bonds is 4. The lowest BCUT2D eigenvalue weighted by Crippen LogP contribution is -2.37. The van der Waals surface area contributed by atoms with E-state index in [0.29, 0.717) is 30.4 Å². The van der Waals surface area contributed by atoms with Gasteiger partial charge in [0.1, 0.15) is 18.9 Å². The van der Waals surface area contributed by atoms with Crippen LogP contribution in [0.15, 0.2) is 44.9 Å². The van der Waals surface area contributed by atoms with Crippen molar-refractivity contribution < 1.29 is 14.3 Å². The second-order valence-electron chi connectivity index (χ2n) is 6.44. The molecule has 4 rings (SSSR count). The summed E-state index contributed by atoms with van der Waals surface area (Å²) in [5.41, 5.74) is -0.261. The maximum atomic E-state index is 12.3. The van der Waals surface area contributed by atoms with E-state index in [9.17, 15) is 14.4 Å². The number of fused-ring (bicyclic) bond motifs is 2. The first kappa shape index (κ1) is 19.1. The van der Waals surface area contributed by atoms with Crippen LogP contribution in [0.4, 0.5) is 5.69 Å². The van der Waals surface area contributed by atoms with E-state index in [2.05, 4.69) is 10.3 Å². The Morgan fingerprint density at radius 2 is 1.90 bits per heavy atom. The highest BCUT2D eigenvalue weighted by Gasteiger charge is 2.14. The molecular formula is C19H18N4O5S. The van der Waals surface area contributed by atoms with Crippen LogP contribution in [0.2, 0.25) is 0 Å². The van der Waals surface area contributed by atoms with E-state index in [1.54, 1.807) is 7.05 Å². The largest absolute Gasteiger partial charge is 0.486 e. The van der Waals surface area contributed by atoms with Gasteiger partial charge in [-0.05, 0) is 24.3 Å². The summed E-state index contributed by atoms with van der Waals surface area (Å²) in [5.74, 6) is 1.29. The Kier molecular flexibility index (Phi) is 5.01. The van der Waals surface area contributed by atoms with E-state index >= 15 is 0 Å². The van der Waals surface area contributed by atoms with Crippen molar-refractivity contribution in [1.82, 2.24) is 14.1 Å². The molecule has 0 unspecified atom stereocenters. The van der Waals surface area contributed by atoms with Crippen molar-refractivity contribution in [2.24, 2.45) is 14.1 Å². The lowest BCUT2D eigenvalue weighted by Gasteiger charge is -2.18. The number of aryl methyl sites for hydroxylation is 1. The van der Waals surface area contributed by atoms with Gasteiger partial charge in [-0.15, -0.1) is 11.8 Å². The van der Waals surface area contributed by atoms with Crippen LogP contribution in [-0.4, -0.2) is 39.0 Å². The third-order valence-electron chi connectivity index (χ3n) is 4.46. The second-order valence-corrected chi connectivity index (χ2v) is 7.49. The van der Waals surface area contributed by atoms with Crippen LogP contribution in [0.25, 0.3) is 11.0 Å². The molecule has 0 saturated heterocycles. The number of hydrogen-bond acceptors (Lipinski definition) is 7. The Morgan fingerprint density at radius 3 is 2.69 bits per heavy atom. The number of ether oxygens (including phenoxy) is 2. The van der Waals surface area contributed by atoms with E-state index in [0.717, 1.165) is 9.46 Å². The molecule has 29 heavy (non-hydrogen) atoms. The molecule has 0 atom stereocenters. The number of benzene rings is 1. The zero-order valence-corrected chi connectivity index (χ0v) is 16.6. The second kappa shape index (κ2) is 7.63. The van der Waals surface area contributed by atoms with Gasteiger partial charge in [0.15, 0.2) is 11.5 Å². The van der Waals surface area contributed by atoms with E-state index in [1.165, 1.54) is 35.6 Å². The standard InChI is InChI=1S/C19H18N4O5S/c1-22-17-13(18(25)23(2)19(22)26)7-11(9-20-17)21-16(24)10-29-12-3-4-14-15(8-12)28-6-5-27-14/h3-4,7-9H,5-6,10H2,1-2H3,(H,21,24). The number of amides is 1. The van der Waals surface area contributed by atoms with E-state index < -0.39 is 11.2 Å². The molecule has 2 aromatic heterocycles. The van der Waals surface area contributed by atoms with Crippen molar-refractivity contribution in [2.45, 2.75) is 4.90 Å². The normalized spacial score (nSPS) is 12.8. The number of nitrogens with one attached hydrogen (secondary N) is 1. The molecule has 0 spiro atoms. The van der Waals surface area contributed by atoms with Gasteiger partial charge in [-0.1, -0.05) is 0 Å². The first-order chi connectivity index (χ1) is 13.9. The average molecular weight is 414 g/mol. The summed E-state index contributed by atoms with van der Waals surface area (Å²) in [4.78, 5) is 41.7. The van der Waals surface area contributed by atoms with Crippen LogP contribution in [-0.2, 0) is 18.9 Å². The van der Waals surface area contributed by atoms with Crippen molar-refractivity contribution in [3.63, 3.8) is 0 Å². The summed E-state index contributed by atoms with van der Waals surface area (Å²) in [7, 11) is 2.94. The molecule has 0 saturated carbocycles. The summed E-state index contributed by atoms with van der Waals surface area (Å²) in [6.45, 7) is 1.03. The number of anilines is 1. The summed E-state index contributed by atoms with van der Waals surface area (Å²) in [6.07, 6.45) is 1.42. The summed E-state index contributed by atoms with van der Waals surface area (Å²) in [6, 6.07) is 7.06. The summed E-state index contributed by atoms with van der Waals surface area (Å²) in [5, 5.41) is 2.99. The van der Waals surface area contributed by atoms with Crippen molar-refractivity contribution in [2.75, 3.05) is 24.3 Å². The lowest BCUT2D eigenvalue weighted by molar-refractivity contribution is -0.113. The van der Waals surface area contributed by atoms with Crippen molar-refractivity contribution >= 4 is 34.4 Å². The molecule has 1 amide bonds. The maximum absolute atomic E-state index is 12.3. The molecule has 1 aliphatic heterocycles. The molecule has 0 bridgehead atoms. The molecule has 0 radical (unpaired) electrons. The minimum Gasteiger partial charge on any atom is -0.486 e. The highest BCUT2D eigenvalue weighted by molar-refractivity contribution is 8.00. The average Bonchev–Trinajstić information content (AvgIpc) is 2.74. The van der Waals surface area contributed by atoms with Gasteiger partial charge in [0.05, 0.1) is 23.0 Å². The summed E-state index contributed by atoms with van der Waals surface area (Å²) >= 11 is 1.35. The van der Waals surface area contributed by atoms with Crippen LogP contribution in [0.5, 0.6) is 11.5 Å². The number of aromatic nitrogens is 3. The van der Waals surface area contributed by atoms with Crippen LogP contribution < -0.4 is 26.0 Å². The molecule has 1 aromatic carbocycles. The molecule has 1 aliphatic rings. The number of nitrogens with zero attached hydrogens (tertiary/aromatic N) is 3. The van der Waals surface area contributed by atoms with Crippen molar-refractivity contribution in [3.8, 4) is 11.5 Å². The Hall–Kier alpha value is -3.27. The van der Waals surface area contributed by atoms with E-state index in [4.69, 9.17) is 9.47 Å². The van der Waals surface area contributed by atoms with Gasteiger partial charge in [0, 0.05) is 19.0 Å². The van der Waals surface area contributed by atoms with E-state index in [1.807, 2.05) is 18.2 Å². The highest BCUT2D eigenvalue weighted by atomic mass is 32.2. The van der Waals surface area contributed by atoms with Gasteiger partial charge in [-0.2, -0.15) is 0 Å². The van der Waals surface area contributed by atoms with Gasteiger partial charge < -0.3 is 14.8 Å². The third-order valence-corrected chi connectivity index (χ3v) is 5.45. The van der Waals surface area contributed by atoms with E-state index in [-0.39, 0.29) is 22.7 Å². The highest BCUT2D eigenvalue weighted by Crippen LogP contribution is 2.34. The molecule has 9 nitrogen and oxygen atoms in total. The SMILES string of the molecule is Cn1c(=O)c2cc(NC(=O)CSc3ccc4c(c3)OCCO4)cnc2n(C)c1=O. The lowest BCUT2D eigenvalue weighted by atomic mass is 10.3. The zero-order chi connectivity index (χ0) is 20.5. The van der Waals surface area contributed by atoms with Crippen LogP contribution in [0.3, 0.4) is 0 Å². The van der Waals surface area contributed by atoms with Crippen LogP contribution in [0, 0.1) is 0 Å². The number of hydrogen-bond donors (Lipinski definition) is 1. The van der Waals surface area contributed by atoms with Crippen LogP contribution >= 0.6 is 11.8 Å². The quantitative estimate of drug-likeness (QED) is 0.638. The van der Waals surface area contributed by atoms with Gasteiger partial charge >= 0.3 is 5.69 Å². The predicted octanol–water partition coefficient (Wildman–Crippen LogP) is 1.13. The molecule has 150 valence electrons. The first-order valence-electron chi connectivity index (χ1n) is 8.82. The maximum Gasteiger partial charge on any atom is 0.332 e. The predicted molar refractivity (Wildman–Crippen MR) is 109 cm³/mol. The van der Waals surface area contributed by atoms with Gasteiger partial charge in [-0.25, -0.2) is 9.78 Å². The fourth-order valence-electron chi connectivity index (χ4n) is 2.99. The van der Waals surface area contributed by atoms with Crippen molar-refractivity contribution in [1.29, 1.82) is 0 Å². The Morgan fingerprint density at radius 1 is 1.14 bits per heavy atom. The van der Waals surface area contributed by atoms with Gasteiger partial charge in [-0.3, -0.25) is 18.7 Å². The minimum absolute atomic E-state index is 0.170. The number of carbonyl (C=O) groups excluding carboxylic acids is 1. The summed E-state index contributed by atoms with van der Waals surface area (Å²) < 4.78 is 13.3. The Bertz CT molecular complexity index is 1230. The molecule has 3 heterocycles. The topological polar surface area (TPSA) is 104 Å². The fraction of sp³-hybridized carbons (Fsp3) is 0.263. The van der Waals surface area contributed by atoms with Gasteiger partial charge in [0.25, 0.3) is 5.56 Å². The fourth-order valence-corrected chi connectivity index (χ4v) is 3.72. The molecule has 0 fully saturated rings. The molecule has 10 heteroatoms. The first-order valence-corrected chi connectivity index (χ1v) is 9.80. The van der Waals surface area contributed by atoms with Crippen LogP contribution in [0.1, 0.15) is 0 Å². The third kappa shape index (κ3) is 3.70. The van der Waals surface area contributed by atoms with Gasteiger partial charge in [0.2, 0.25) is 5.91 Å². The minimum atomic E-state index is -0.461. The molecule has 0 aliphatic carbocycles. The monoisotopic (exact) mass is 414 g/mol. The molecular weight excluding hydrogens is 396 g/mol. The molecule has 3 aromatic rings. The van der Waals surface area contributed by atoms with Crippen molar-refractivity contribution in [3.05, 3.63) is 51.3 Å². The zero-order valence-electron chi connectivity index (χ0n) is 15.8. The molecule has 1 N–H and O–H groups in total. The Balaban J connectivity index is 1.48. The smallest absolute Gasteiger partial charge is 0.332 e. The number of thioether (sulfide) groups is 1. The Labute approximate surface area is 169 Å². The number of pyridine rings is 1.